The second-order valence-corrected chi connectivity index (χ2v) is 8.73. The standard InChI is InChI=1S/C28H22N2O3S/c1-32-24-13-7-8-19(14-24)18-33-25-16-21-10-6-5-9-20(21)15-22(25)17-26-27(31)30-28(34-26)29-23-11-3-2-4-12-23/h2-17H,18H2,1H3,(H,29,30,31). The molecule has 0 aliphatic carbocycles. The van der Waals surface area contributed by atoms with Crippen LogP contribution in [0, 0.1) is 0 Å². The normalized spacial score (nSPS) is 15.6. The van der Waals surface area contributed by atoms with E-state index in [1.54, 1.807) is 7.11 Å². The second-order valence-electron chi connectivity index (χ2n) is 7.69. The maximum absolute atomic E-state index is 12.7. The molecule has 6 heteroatoms. The van der Waals surface area contributed by atoms with E-state index in [0.29, 0.717) is 22.4 Å². The average Bonchev–Trinajstić information content (AvgIpc) is 3.21. The number of amidine groups is 1. The number of carbonyl (C=O) groups is 1. The lowest BCUT2D eigenvalue weighted by molar-refractivity contribution is -0.115. The number of aliphatic imine (C=N–C) groups is 1. The minimum Gasteiger partial charge on any atom is -0.497 e. The highest BCUT2D eigenvalue weighted by Gasteiger charge is 2.24. The first-order valence-electron chi connectivity index (χ1n) is 10.8. The molecule has 0 aromatic heterocycles. The van der Waals surface area contributed by atoms with Crippen molar-refractivity contribution in [3.05, 3.63) is 107 Å². The lowest BCUT2D eigenvalue weighted by atomic mass is 10.1. The van der Waals surface area contributed by atoms with Crippen LogP contribution in [0.25, 0.3) is 16.8 Å². The van der Waals surface area contributed by atoms with Crippen LogP contribution in [0.3, 0.4) is 0 Å². The number of fused-ring (bicyclic) bond motifs is 1. The molecule has 1 amide bonds. The largest absolute Gasteiger partial charge is 0.497 e. The van der Waals surface area contributed by atoms with Crippen molar-refractivity contribution in [3.8, 4) is 11.5 Å². The first-order valence-corrected chi connectivity index (χ1v) is 11.6. The van der Waals surface area contributed by atoms with Crippen LogP contribution in [0.1, 0.15) is 11.1 Å². The number of nitrogens with zero attached hydrogens (tertiary/aromatic N) is 1. The number of thioether (sulfide) groups is 1. The molecule has 5 nitrogen and oxygen atoms in total. The predicted octanol–water partition coefficient (Wildman–Crippen LogP) is 6.32. The Bertz CT molecular complexity index is 1410. The average molecular weight is 467 g/mol. The Kier molecular flexibility index (Phi) is 6.31. The SMILES string of the molecule is COc1cccc(COc2cc3ccccc3cc2C=C2SC(=Nc3ccccc3)NC2=O)c1. The Hall–Kier alpha value is -4.03. The Balaban J connectivity index is 1.46. The van der Waals surface area contributed by atoms with Crippen LogP contribution < -0.4 is 14.8 Å². The lowest BCUT2D eigenvalue weighted by Gasteiger charge is -2.12. The first kappa shape index (κ1) is 21.8. The van der Waals surface area contributed by atoms with Crippen molar-refractivity contribution >= 4 is 45.4 Å². The van der Waals surface area contributed by atoms with Gasteiger partial charge in [-0.2, -0.15) is 0 Å². The number of rotatable bonds is 6. The lowest BCUT2D eigenvalue weighted by Crippen LogP contribution is -2.19. The van der Waals surface area contributed by atoms with Gasteiger partial charge in [-0.05, 0) is 70.6 Å². The molecule has 0 atom stereocenters. The summed E-state index contributed by atoms with van der Waals surface area (Å²) < 4.78 is 11.5. The van der Waals surface area contributed by atoms with Gasteiger partial charge in [-0.15, -0.1) is 0 Å². The highest BCUT2D eigenvalue weighted by Crippen LogP contribution is 2.33. The van der Waals surface area contributed by atoms with Crippen LogP contribution >= 0.6 is 11.8 Å². The van der Waals surface area contributed by atoms with E-state index >= 15 is 0 Å². The maximum atomic E-state index is 12.7. The highest BCUT2D eigenvalue weighted by atomic mass is 32.2. The molecule has 1 N–H and O–H groups in total. The second kappa shape index (κ2) is 9.85. The van der Waals surface area contributed by atoms with Gasteiger partial charge in [0.05, 0.1) is 17.7 Å². The van der Waals surface area contributed by atoms with Crippen LogP contribution in [0.5, 0.6) is 11.5 Å². The fourth-order valence-electron chi connectivity index (χ4n) is 3.64. The molecular formula is C28H22N2O3S. The van der Waals surface area contributed by atoms with Gasteiger partial charge in [-0.1, -0.05) is 54.6 Å². The van der Waals surface area contributed by atoms with E-state index in [4.69, 9.17) is 9.47 Å². The Morgan fingerprint density at radius 1 is 0.912 bits per heavy atom. The van der Waals surface area contributed by atoms with E-state index in [1.165, 1.54) is 11.8 Å². The molecule has 1 aliphatic heterocycles. The zero-order valence-electron chi connectivity index (χ0n) is 18.5. The Morgan fingerprint density at radius 2 is 1.68 bits per heavy atom. The van der Waals surface area contributed by atoms with Gasteiger partial charge >= 0.3 is 0 Å². The summed E-state index contributed by atoms with van der Waals surface area (Å²) >= 11 is 1.32. The van der Waals surface area contributed by atoms with E-state index in [9.17, 15) is 4.79 Å². The summed E-state index contributed by atoms with van der Waals surface area (Å²) in [6, 6.07) is 29.5. The molecule has 1 aliphatic rings. The number of ether oxygens (including phenoxy) is 2. The third kappa shape index (κ3) is 4.97. The molecule has 34 heavy (non-hydrogen) atoms. The number of hydrogen-bond acceptors (Lipinski definition) is 5. The number of hydrogen-bond donors (Lipinski definition) is 1. The summed E-state index contributed by atoms with van der Waals surface area (Å²) in [5, 5.41) is 5.55. The quantitative estimate of drug-likeness (QED) is 0.338. The number of benzene rings is 4. The molecule has 4 aromatic carbocycles. The van der Waals surface area contributed by atoms with Crippen LogP contribution in [0.2, 0.25) is 0 Å². The van der Waals surface area contributed by atoms with Crippen molar-refractivity contribution in [1.29, 1.82) is 0 Å². The fourth-order valence-corrected chi connectivity index (χ4v) is 4.47. The van der Waals surface area contributed by atoms with Crippen molar-refractivity contribution in [2.75, 3.05) is 7.11 Å². The van der Waals surface area contributed by atoms with E-state index in [-0.39, 0.29) is 5.91 Å². The molecule has 0 unspecified atom stereocenters. The zero-order chi connectivity index (χ0) is 23.3. The van der Waals surface area contributed by atoms with Gasteiger partial charge < -0.3 is 14.8 Å². The molecule has 0 saturated carbocycles. The molecule has 0 spiro atoms. The summed E-state index contributed by atoms with van der Waals surface area (Å²) in [6.07, 6.45) is 1.86. The fraction of sp³-hybridized carbons (Fsp3) is 0.0714. The smallest absolute Gasteiger partial charge is 0.264 e. The number of para-hydroxylation sites is 1. The van der Waals surface area contributed by atoms with Gasteiger partial charge in [0.25, 0.3) is 5.91 Å². The molecule has 1 heterocycles. The van der Waals surface area contributed by atoms with Crippen LogP contribution in [-0.4, -0.2) is 18.2 Å². The molecule has 5 rings (SSSR count). The van der Waals surface area contributed by atoms with Crippen LogP contribution in [0.15, 0.2) is 101 Å². The van der Waals surface area contributed by atoms with E-state index in [2.05, 4.69) is 10.3 Å². The van der Waals surface area contributed by atoms with Crippen molar-refractivity contribution in [3.63, 3.8) is 0 Å². The van der Waals surface area contributed by atoms with Crippen LogP contribution in [0.4, 0.5) is 5.69 Å². The van der Waals surface area contributed by atoms with E-state index < -0.39 is 0 Å². The summed E-state index contributed by atoms with van der Waals surface area (Å²) in [7, 11) is 1.65. The third-order valence-electron chi connectivity index (χ3n) is 5.33. The van der Waals surface area contributed by atoms with Crippen molar-refractivity contribution in [1.82, 2.24) is 5.32 Å². The summed E-state index contributed by atoms with van der Waals surface area (Å²) in [5.41, 5.74) is 2.62. The molecule has 4 aromatic rings. The first-order chi connectivity index (χ1) is 16.7. The number of methoxy groups -OCH3 is 1. The van der Waals surface area contributed by atoms with Gasteiger partial charge in [-0.3, -0.25) is 4.79 Å². The van der Waals surface area contributed by atoms with Gasteiger partial charge in [0, 0.05) is 5.56 Å². The van der Waals surface area contributed by atoms with Gasteiger partial charge in [0.1, 0.15) is 18.1 Å². The van der Waals surface area contributed by atoms with Crippen molar-refractivity contribution in [2.45, 2.75) is 6.61 Å². The van der Waals surface area contributed by atoms with Gasteiger partial charge in [-0.25, -0.2) is 4.99 Å². The third-order valence-corrected chi connectivity index (χ3v) is 6.24. The molecule has 168 valence electrons. The molecular weight excluding hydrogens is 444 g/mol. The monoisotopic (exact) mass is 466 g/mol. The molecule has 1 saturated heterocycles. The number of nitrogens with one attached hydrogen (secondary N) is 1. The number of carbonyl (C=O) groups excluding carboxylic acids is 1. The zero-order valence-corrected chi connectivity index (χ0v) is 19.3. The van der Waals surface area contributed by atoms with Crippen molar-refractivity contribution in [2.24, 2.45) is 4.99 Å². The molecule has 0 radical (unpaired) electrons. The summed E-state index contributed by atoms with van der Waals surface area (Å²) in [6.45, 7) is 0.381. The van der Waals surface area contributed by atoms with Gasteiger partial charge in [0.2, 0.25) is 0 Å². The van der Waals surface area contributed by atoms with Crippen LogP contribution in [-0.2, 0) is 11.4 Å². The summed E-state index contributed by atoms with van der Waals surface area (Å²) in [4.78, 5) is 17.8. The Morgan fingerprint density at radius 3 is 2.47 bits per heavy atom. The number of amides is 1. The van der Waals surface area contributed by atoms with Crippen molar-refractivity contribution < 1.29 is 14.3 Å². The Labute approximate surface area is 202 Å². The topological polar surface area (TPSA) is 59.9 Å². The van der Waals surface area contributed by atoms with E-state index in [1.807, 2.05) is 97.1 Å². The highest BCUT2D eigenvalue weighted by molar-refractivity contribution is 8.18. The maximum Gasteiger partial charge on any atom is 0.264 e. The molecule has 0 bridgehead atoms. The van der Waals surface area contributed by atoms with E-state index in [0.717, 1.165) is 33.3 Å². The van der Waals surface area contributed by atoms with Gasteiger partial charge in [0.15, 0.2) is 5.17 Å². The minimum atomic E-state index is -0.174. The summed E-state index contributed by atoms with van der Waals surface area (Å²) in [5.74, 6) is 1.31. The predicted molar refractivity (Wildman–Crippen MR) is 139 cm³/mol. The molecule has 1 fully saturated rings. The minimum absolute atomic E-state index is 0.174.